The molecule has 0 aromatic heterocycles. The van der Waals surface area contributed by atoms with Crippen molar-refractivity contribution in [2.24, 2.45) is 0 Å². The summed E-state index contributed by atoms with van der Waals surface area (Å²) >= 11 is 0. The summed E-state index contributed by atoms with van der Waals surface area (Å²) in [5.74, 6) is 1.72. The average Bonchev–Trinajstić information content (AvgIpc) is 2.81. The van der Waals surface area contributed by atoms with Crippen molar-refractivity contribution in [3.8, 4) is 17.2 Å². The molecule has 0 saturated carbocycles. The molecule has 0 heterocycles. The summed E-state index contributed by atoms with van der Waals surface area (Å²) in [5.41, 5.74) is 2.62. The number of nitrogens with one attached hydrogen (secondary N) is 2. The van der Waals surface area contributed by atoms with Gasteiger partial charge in [0.1, 0.15) is 17.2 Å². The van der Waals surface area contributed by atoms with Gasteiger partial charge in [0.25, 0.3) is 0 Å². The summed E-state index contributed by atoms with van der Waals surface area (Å²) in [4.78, 5) is 12.5. The van der Waals surface area contributed by atoms with Crippen molar-refractivity contribution in [3.05, 3.63) is 78.4 Å². The van der Waals surface area contributed by atoms with E-state index < -0.39 is 0 Å². The van der Waals surface area contributed by atoms with Gasteiger partial charge < -0.3 is 24.8 Å². The number of ether oxygens (including phenoxy) is 3. The number of anilines is 2. The molecule has 1 amide bonds. The van der Waals surface area contributed by atoms with E-state index in [9.17, 15) is 4.79 Å². The molecule has 0 fully saturated rings. The fourth-order valence-electron chi connectivity index (χ4n) is 3.12. The minimum Gasteiger partial charge on any atom is -0.497 e. The molecule has 0 saturated heterocycles. The van der Waals surface area contributed by atoms with Crippen molar-refractivity contribution in [2.75, 3.05) is 38.0 Å². The van der Waals surface area contributed by atoms with Gasteiger partial charge in [0, 0.05) is 6.07 Å². The number of hydrogen-bond donors (Lipinski definition) is 2. The first-order valence-corrected chi connectivity index (χ1v) is 10.2. The Hall–Kier alpha value is -3.67. The van der Waals surface area contributed by atoms with Gasteiger partial charge in [-0.1, -0.05) is 42.5 Å². The number of benzene rings is 3. The molecule has 0 aliphatic carbocycles. The number of rotatable bonds is 11. The molecule has 0 radical (unpaired) electrons. The van der Waals surface area contributed by atoms with Gasteiger partial charge in [0.2, 0.25) is 5.91 Å². The molecule has 0 spiro atoms. The molecule has 31 heavy (non-hydrogen) atoms. The zero-order valence-electron chi connectivity index (χ0n) is 17.9. The molecular formula is C25H28N2O4. The third-order valence-corrected chi connectivity index (χ3v) is 4.72. The first-order chi connectivity index (χ1) is 15.2. The minimum absolute atomic E-state index is 0.0880. The van der Waals surface area contributed by atoms with Crippen LogP contribution < -0.4 is 24.8 Å². The van der Waals surface area contributed by atoms with Crippen molar-refractivity contribution in [3.63, 3.8) is 0 Å². The topological polar surface area (TPSA) is 68.8 Å². The minimum atomic E-state index is -0.203. The molecule has 0 bridgehead atoms. The van der Waals surface area contributed by atoms with Gasteiger partial charge in [-0.05, 0) is 42.7 Å². The van der Waals surface area contributed by atoms with Crippen molar-refractivity contribution in [2.45, 2.75) is 12.8 Å². The number of carbonyl (C=O) groups excluding carboxylic acids is 1. The van der Waals surface area contributed by atoms with Crippen LogP contribution in [0.5, 0.6) is 17.2 Å². The van der Waals surface area contributed by atoms with E-state index in [1.54, 1.807) is 32.4 Å². The highest BCUT2D eigenvalue weighted by Gasteiger charge is 2.10. The Bertz CT molecular complexity index is 976. The van der Waals surface area contributed by atoms with Crippen LogP contribution in [0.1, 0.15) is 12.0 Å². The van der Waals surface area contributed by atoms with Crippen LogP contribution in [0.15, 0.2) is 72.8 Å². The first kappa shape index (κ1) is 22.0. The lowest BCUT2D eigenvalue weighted by molar-refractivity contribution is -0.114. The average molecular weight is 421 g/mol. The predicted molar refractivity (Wildman–Crippen MR) is 123 cm³/mol. The second kappa shape index (κ2) is 11.5. The number of methoxy groups -OCH3 is 2. The van der Waals surface area contributed by atoms with Crippen molar-refractivity contribution >= 4 is 17.3 Å². The second-order valence-electron chi connectivity index (χ2n) is 6.90. The Kier molecular flexibility index (Phi) is 8.17. The smallest absolute Gasteiger partial charge is 0.243 e. The summed E-state index contributed by atoms with van der Waals surface area (Å²) < 4.78 is 16.5. The van der Waals surface area contributed by atoms with Crippen LogP contribution in [0, 0.1) is 0 Å². The number of aryl methyl sites for hydroxylation is 1. The van der Waals surface area contributed by atoms with Gasteiger partial charge in [0.05, 0.1) is 38.7 Å². The standard InChI is InChI=1S/C25H28N2O4/c1-29-20-14-15-23(30-2)22(17-20)27-25(28)18-26-21-12-6-7-13-24(21)31-16-8-11-19-9-4-3-5-10-19/h3-7,9-10,12-15,17,26H,8,11,16,18H2,1-2H3,(H,27,28). The number of para-hydroxylation sites is 2. The van der Waals surface area contributed by atoms with E-state index in [-0.39, 0.29) is 12.5 Å². The van der Waals surface area contributed by atoms with E-state index in [4.69, 9.17) is 14.2 Å². The summed E-state index contributed by atoms with van der Waals surface area (Å²) in [6.07, 6.45) is 1.87. The highest BCUT2D eigenvalue weighted by Crippen LogP contribution is 2.29. The highest BCUT2D eigenvalue weighted by molar-refractivity contribution is 5.95. The zero-order valence-corrected chi connectivity index (χ0v) is 17.9. The van der Waals surface area contributed by atoms with Gasteiger partial charge in [-0.3, -0.25) is 4.79 Å². The van der Waals surface area contributed by atoms with Crippen molar-refractivity contribution in [1.82, 2.24) is 0 Å². The van der Waals surface area contributed by atoms with Crippen LogP contribution in [-0.2, 0) is 11.2 Å². The van der Waals surface area contributed by atoms with Crippen LogP contribution in [0.2, 0.25) is 0 Å². The quantitative estimate of drug-likeness (QED) is 0.438. The van der Waals surface area contributed by atoms with E-state index in [1.807, 2.05) is 42.5 Å². The van der Waals surface area contributed by atoms with E-state index in [0.717, 1.165) is 24.3 Å². The normalized spacial score (nSPS) is 10.3. The number of carbonyl (C=O) groups is 1. The lowest BCUT2D eigenvalue weighted by Gasteiger charge is -2.14. The van der Waals surface area contributed by atoms with E-state index in [1.165, 1.54) is 5.56 Å². The molecule has 6 heteroatoms. The SMILES string of the molecule is COc1ccc(OC)c(NC(=O)CNc2ccccc2OCCCc2ccccc2)c1. The monoisotopic (exact) mass is 420 g/mol. The lowest BCUT2D eigenvalue weighted by Crippen LogP contribution is -2.22. The number of hydrogen-bond acceptors (Lipinski definition) is 5. The van der Waals surface area contributed by atoms with Crippen LogP contribution in [-0.4, -0.2) is 33.3 Å². The maximum atomic E-state index is 12.5. The van der Waals surface area contributed by atoms with Gasteiger partial charge in [-0.15, -0.1) is 0 Å². The highest BCUT2D eigenvalue weighted by atomic mass is 16.5. The molecule has 0 aliphatic rings. The Morgan fingerprint density at radius 3 is 2.39 bits per heavy atom. The zero-order chi connectivity index (χ0) is 21.9. The van der Waals surface area contributed by atoms with Crippen LogP contribution >= 0.6 is 0 Å². The fraction of sp³-hybridized carbons (Fsp3) is 0.240. The molecule has 162 valence electrons. The van der Waals surface area contributed by atoms with Crippen molar-refractivity contribution in [1.29, 1.82) is 0 Å². The third-order valence-electron chi connectivity index (χ3n) is 4.72. The van der Waals surface area contributed by atoms with Gasteiger partial charge in [-0.2, -0.15) is 0 Å². The Balaban J connectivity index is 1.52. The molecule has 3 rings (SSSR count). The largest absolute Gasteiger partial charge is 0.497 e. The lowest BCUT2D eigenvalue weighted by atomic mass is 10.1. The molecule has 3 aromatic rings. The second-order valence-corrected chi connectivity index (χ2v) is 6.90. The maximum Gasteiger partial charge on any atom is 0.243 e. The van der Waals surface area contributed by atoms with E-state index >= 15 is 0 Å². The van der Waals surface area contributed by atoms with Crippen LogP contribution in [0.4, 0.5) is 11.4 Å². The molecular weight excluding hydrogens is 392 g/mol. The molecule has 0 atom stereocenters. The molecule has 0 unspecified atom stereocenters. The van der Waals surface area contributed by atoms with Crippen LogP contribution in [0.3, 0.4) is 0 Å². The summed E-state index contributed by atoms with van der Waals surface area (Å²) in [6, 6.07) is 23.2. The van der Waals surface area contributed by atoms with Gasteiger partial charge >= 0.3 is 0 Å². The molecule has 0 aliphatic heterocycles. The Morgan fingerprint density at radius 2 is 1.61 bits per heavy atom. The maximum absolute atomic E-state index is 12.5. The Morgan fingerprint density at radius 1 is 0.839 bits per heavy atom. The predicted octanol–water partition coefficient (Wildman–Crippen LogP) is 4.77. The third kappa shape index (κ3) is 6.67. The summed E-state index contributed by atoms with van der Waals surface area (Å²) in [5, 5.41) is 6.00. The van der Waals surface area contributed by atoms with Crippen LogP contribution in [0.25, 0.3) is 0 Å². The first-order valence-electron chi connectivity index (χ1n) is 10.2. The molecule has 6 nitrogen and oxygen atoms in total. The summed E-state index contributed by atoms with van der Waals surface area (Å²) in [6.45, 7) is 0.686. The van der Waals surface area contributed by atoms with Gasteiger partial charge in [0.15, 0.2) is 0 Å². The fourth-order valence-corrected chi connectivity index (χ4v) is 3.12. The van der Waals surface area contributed by atoms with Gasteiger partial charge in [-0.25, -0.2) is 0 Å². The molecule has 3 aromatic carbocycles. The summed E-state index contributed by atoms with van der Waals surface area (Å²) in [7, 11) is 3.13. The van der Waals surface area contributed by atoms with Crippen molar-refractivity contribution < 1.29 is 19.0 Å². The van der Waals surface area contributed by atoms with E-state index in [0.29, 0.717) is 23.8 Å². The van der Waals surface area contributed by atoms with E-state index in [2.05, 4.69) is 22.8 Å². The Labute approximate surface area is 183 Å². The molecule has 2 N–H and O–H groups in total. The number of amides is 1.